The monoisotopic (exact) mass is 401 g/mol. The first-order valence-electron chi connectivity index (χ1n) is 8.19. The number of halogens is 2. The van der Waals surface area contributed by atoms with E-state index in [-0.39, 0.29) is 30.7 Å². The predicted octanol–water partition coefficient (Wildman–Crippen LogP) is 1.54. The second-order valence-electron chi connectivity index (χ2n) is 6.14. The van der Waals surface area contributed by atoms with Crippen molar-refractivity contribution in [2.75, 3.05) is 19.8 Å². The zero-order valence-electron chi connectivity index (χ0n) is 14.5. The molecular weight excluding hydrogens is 377 g/mol. The van der Waals surface area contributed by atoms with Crippen LogP contribution in [0.5, 0.6) is 0 Å². The van der Waals surface area contributed by atoms with E-state index in [0.29, 0.717) is 45.7 Å². The van der Waals surface area contributed by atoms with Crippen LogP contribution in [0.15, 0.2) is 36.9 Å². The summed E-state index contributed by atoms with van der Waals surface area (Å²) in [6, 6.07) is 8.01. The Morgan fingerprint density at radius 3 is 2.54 bits per heavy atom. The lowest BCUT2D eigenvalue weighted by Crippen LogP contribution is -2.49. The number of nitrogens with one attached hydrogen (secondary N) is 1. The van der Waals surface area contributed by atoms with Crippen LogP contribution in [0, 0.1) is 5.41 Å². The fourth-order valence-electron chi connectivity index (χ4n) is 3.02. The topological polar surface area (TPSA) is 95.1 Å². The van der Waals surface area contributed by atoms with E-state index in [4.69, 9.17) is 10.5 Å². The van der Waals surface area contributed by atoms with Crippen LogP contribution in [0.2, 0.25) is 0 Å². The van der Waals surface area contributed by atoms with Crippen molar-refractivity contribution in [3.05, 3.63) is 48.0 Å². The van der Waals surface area contributed by atoms with Crippen LogP contribution >= 0.6 is 24.8 Å². The van der Waals surface area contributed by atoms with Gasteiger partial charge in [-0.1, -0.05) is 24.3 Å². The lowest BCUT2D eigenvalue weighted by molar-refractivity contribution is -0.136. The van der Waals surface area contributed by atoms with Crippen molar-refractivity contribution in [2.24, 2.45) is 11.1 Å². The highest BCUT2D eigenvalue weighted by Crippen LogP contribution is 2.29. The third kappa shape index (κ3) is 5.17. The van der Waals surface area contributed by atoms with Gasteiger partial charge in [-0.2, -0.15) is 5.10 Å². The predicted molar refractivity (Wildman–Crippen MR) is 103 cm³/mol. The Balaban J connectivity index is 0.00000169. The van der Waals surface area contributed by atoms with E-state index in [2.05, 4.69) is 15.4 Å². The fourth-order valence-corrected chi connectivity index (χ4v) is 3.02. The minimum Gasteiger partial charge on any atom is -0.381 e. The molecule has 1 aromatic carbocycles. The van der Waals surface area contributed by atoms with Crippen LogP contribution in [0.4, 0.5) is 0 Å². The number of rotatable bonds is 6. The molecule has 1 aromatic heterocycles. The molecule has 1 fully saturated rings. The number of carbonyl (C=O) groups is 1. The Kier molecular flexibility index (Phi) is 9.01. The Morgan fingerprint density at radius 2 is 1.92 bits per heavy atom. The van der Waals surface area contributed by atoms with Gasteiger partial charge in [0.25, 0.3) is 0 Å². The largest absolute Gasteiger partial charge is 0.381 e. The lowest BCUT2D eigenvalue weighted by atomic mass is 9.79. The first kappa shape index (κ1) is 22.4. The van der Waals surface area contributed by atoms with Gasteiger partial charge in [0.1, 0.15) is 12.7 Å². The molecule has 7 nitrogen and oxygen atoms in total. The molecule has 0 radical (unpaired) electrons. The minimum absolute atomic E-state index is 0. The van der Waals surface area contributed by atoms with Gasteiger partial charge in [0.15, 0.2) is 0 Å². The molecule has 2 aromatic rings. The molecule has 0 spiro atoms. The van der Waals surface area contributed by atoms with Gasteiger partial charge in [-0.15, -0.1) is 24.8 Å². The Labute approximate surface area is 165 Å². The molecule has 1 aliphatic heterocycles. The maximum Gasteiger partial charge on any atom is 0.227 e. The van der Waals surface area contributed by atoms with E-state index in [9.17, 15) is 4.79 Å². The van der Waals surface area contributed by atoms with Gasteiger partial charge in [-0.05, 0) is 24.0 Å². The number of nitrogens with zero attached hydrogens (tertiary/aromatic N) is 3. The molecule has 0 bridgehead atoms. The van der Waals surface area contributed by atoms with Crippen LogP contribution < -0.4 is 11.1 Å². The summed E-state index contributed by atoms with van der Waals surface area (Å²) in [5.41, 5.74) is 7.57. The van der Waals surface area contributed by atoms with Crippen molar-refractivity contribution >= 4 is 30.7 Å². The summed E-state index contributed by atoms with van der Waals surface area (Å²) in [5.74, 6) is 0.0175. The third-order valence-corrected chi connectivity index (χ3v) is 4.68. The summed E-state index contributed by atoms with van der Waals surface area (Å²) in [7, 11) is 0. The van der Waals surface area contributed by atoms with Gasteiger partial charge in [0.2, 0.25) is 5.91 Å². The zero-order chi connectivity index (χ0) is 16.8. The number of ether oxygens (including phenoxy) is 1. The van der Waals surface area contributed by atoms with Crippen LogP contribution in [0.3, 0.4) is 0 Å². The number of aromatic nitrogens is 3. The van der Waals surface area contributed by atoms with Crippen LogP contribution in [0.25, 0.3) is 0 Å². The van der Waals surface area contributed by atoms with Crippen molar-refractivity contribution in [3.8, 4) is 0 Å². The van der Waals surface area contributed by atoms with Crippen LogP contribution in [-0.2, 0) is 22.6 Å². The van der Waals surface area contributed by atoms with Crippen molar-refractivity contribution < 1.29 is 9.53 Å². The highest BCUT2D eigenvalue weighted by Gasteiger charge is 2.38. The Hall–Kier alpha value is -1.67. The second kappa shape index (κ2) is 10.5. The first-order valence-corrected chi connectivity index (χ1v) is 8.19. The summed E-state index contributed by atoms with van der Waals surface area (Å²) in [6.45, 7) is 2.64. The molecule has 26 heavy (non-hydrogen) atoms. The van der Waals surface area contributed by atoms with E-state index >= 15 is 0 Å². The standard InChI is InChI=1S/C17H23N5O2.2ClH/c18-11-17(5-7-24-8-6-17)16(23)20-9-14-3-1-2-4-15(14)10-22-13-19-12-21-22;;/h1-4,12-13H,5-11,18H2,(H,20,23);2*1H. The van der Waals surface area contributed by atoms with Gasteiger partial charge in [-0.25, -0.2) is 9.67 Å². The van der Waals surface area contributed by atoms with Crippen molar-refractivity contribution in [1.29, 1.82) is 0 Å². The smallest absolute Gasteiger partial charge is 0.227 e. The molecule has 3 rings (SSSR count). The average Bonchev–Trinajstić information content (AvgIpc) is 3.14. The highest BCUT2D eigenvalue weighted by atomic mass is 35.5. The Bertz CT molecular complexity index is 676. The summed E-state index contributed by atoms with van der Waals surface area (Å²) in [5, 5.41) is 7.19. The van der Waals surface area contributed by atoms with Crippen LogP contribution in [0.1, 0.15) is 24.0 Å². The zero-order valence-corrected chi connectivity index (χ0v) is 16.1. The molecule has 1 saturated heterocycles. The number of carbonyl (C=O) groups excluding carboxylic acids is 1. The van der Waals surface area contributed by atoms with E-state index in [1.807, 2.05) is 24.3 Å². The maximum atomic E-state index is 12.7. The summed E-state index contributed by atoms with van der Waals surface area (Å²) < 4.78 is 7.13. The fraction of sp³-hybridized carbons (Fsp3) is 0.471. The summed E-state index contributed by atoms with van der Waals surface area (Å²) >= 11 is 0. The summed E-state index contributed by atoms with van der Waals surface area (Å²) in [6.07, 6.45) is 4.55. The summed E-state index contributed by atoms with van der Waals surface area (Å²) in [4.78, 5) is 16.6. The maximum absolute atomic E-state index is 12.7. The number of benzene rings is 1. The third-order valence-electron chi connectivity index (χ3n) is 4.68. The molecular formula is C17H25Cl2N5O2. The van der Waals surface area contributed by atoms with E-state index in [1.165, 1.54) is 6.33 Å². The SMILES string of the molecule is Cl.Cl.NCC1(C(=O)NCc2ccccc2Cn2cncn2)CCOCC1. The van der Waals surface area contributed by atoms with Gasteiger partial charge >= 0.3 is 0 Å². The van der Waals surface area contributed by atoms with E-state index < -0.39 is 5.41 Å². The Morgan fingerprint density at radius 1 is 1.23 bits per heavy atom. The van der Waals surface area contributed by atoms with Crippen molar-refractivity contribution in [2.45, 2.75) is 25.9 Å². The van der Waals surface area contributed by atoms with Crippen LogP contribution in [-0.4, -0.2) is 40.4 Å². The molecule has 0 unspecified atom stereocenters. The lowest BCUT2D eigenvalue weighted by Gasteiger charge is -2.34. The number of hydrogen-bond donors (Lipinski definition) is 2. The molecule has 0 atom stereocenters. The van der Waals surface area contributed by atoms with Gasteiger partial charge in [-0.3, -0.25) is 4.79 Å². The normalized spacial score (nSPS) is 15.4. The molecule has 1 amide bonds. The number of amides is 1. The minimum atomic E-state index is -0.501. The molecule has 0 aliphatic carbocycles. The first-order chi connectivity index (χ1) is 11.7. The van der Waals surface area contributed by atoms with Gasteiger partial charge < -0.3 is 15.8 Å². The second-order valence-corrected chi connectivity index (χ2v) is 6.14. The van der Waals surface area contributed by atoms with Crippen molar-refractivity contribution in [3.63, 3.8) is 0 Å². The molecule has 3 N–H and O–H groups in total. The average molecular weight is 402 g/mol. The van der Waals surface area contributed by atoms with Gasteiger partial charge in [0.05, 0.1) is 12.0 Å². The van der Waals surface area contributed by atoms with E-state index in [1.54, 1.807) is 11.0 Å². The molecule has 9 heteroatoms. The molecule has 0 saturated carbocycles. The molecule has 1 aliphatic rings. The van der Waals surface area contributed by atoms with Crippen molar-refractivity contribution in [1.82, 2.24) is 20.1 Å². The number of hydrogen-bond acceptors (Lipinski definition) is 5. The van der Waals surface area contributed by atoms with E-state index in [0.717, 1.165) is 11.1 Å². The number of nitrogens with two attached hydrogens (primary N) is 1. The molecule has 144 valence electrons. The van der Waals surface area contributed by atoms with Gasteiger partial charge in [0, 0.05) is 26.3 Å². The quantitative estimate of drug-likeness (QED) is 0.765. The highest BCUT2D eigenvalue weighted by molar-refractivity contribution is 5.85. The molecule has 2 heterocycles.